The van der Waals surface area contributed by atoms with Crippen LogP contribution in [0.15, 0.2) is 15.9 Å². The fourth-order valence-corrected chi connectivity index (χ4v) is 3.12. The highest BCUT2D eigenvalue weighted by atomic mass is 79.9. The molecule has 2 rings (SSSR count). The van der Waals surface area contributed by atoms with Gasteiger partial charge in [0.15, 0.2) is 0 Å². The Balaban J connectivity index is 1.85. The summed E-state index contributed by atoms with van der Waals surface area (Å²) in [6.07, 6.45) is 1.48. The van der Waals surface area contributed by atoms with Crippen LogP contribution in [0.25, 0.3) is 0 Å². The third-order valence-electron chi connectivity index (χ3n) is 2.59. The summed E-state index contributed by atoms with van der Waals surface area (Å²) in [5.74, 6) is 0. The summed E-state index contributed by atoms with van der Waals surface area (Å²) < 4.78 is 6.70. The minimum Gasteiger partial charge on any atom is -0.377 e. The van der Waals surface area contributed by atoms with Gasteiger partial charge in [0.1, 0.15) is 0 Å². The summed E-state index contributed by atoms with van der Waals surface area (Å²) in [6, 6.07) is 2.61. The highest BCUT2D eigenvalue weighted by Crippen LogP contribution is 2.23. The first-order chi connectivity index (χ1) is 6.77. The quantitative estimate of drug-likeness (QED) is 0.916. The van der Waals surface area contributed by atoms with E-state index in [1.165, 1.54) is 9.35 Å². The van der Waals surface area contributed by atoms with E-state index in [1.54, 1.807) is 11.3 Å². The molecule has 0 amide bonds. The Labute approximate surface area is 96.8 Å². The average Bonchev–Trinajstić information content (AvgIpc) is 2.72. The largest absolute Gasteiger partial charge is 0.377 e. The van der Waals surface area contributed by atoms with E-state index in [2.05, 4.69) is 39.6 Å². The van der Waals surface area contributed by atoms with Crippen molar-refractivity contribution < 1.29 is 4.74 Å². The Bertz CT molecular complexity index is 302. The maximum absolute atomic E-state index is 5.49. The van der Waals surface area contributed by atoms with Gasteiger partial charge in [-0.2, -0.15) is 0 Å². The first-order valence-electron chi connectivity index (χ1n) is 4.84. The second-order valence-corrected chi connectivity index (χ2v) is 5.40. The molecule has 0 bridgehead atoms. The van der Waals surface area contributed by atoms with Crippen molar-refractivity contribution in [2.45, 2.75) is 32.0 Å². The van der Waals surface area contributed by atoms with Crippen molar-refractivity contribution in [3.8, 4) is 0 Å². The van der Waals surface area contributed by atoms with Crippen molar-refractivity contribution in [2.24, 2.45) is 0 Å². The maximum atomic E-state index is 5.49. The molecule has 0 saturated carbocycles. The number of ether oxygens (including phenoxy) is 1. The Morgan fingerprint density at radius 3 is 3.14 bits per heavy atom. The molecule has 4 heteroatoms. The van der Waals surface area contributed by atoms with E-state index in [0.29, 0.717) is 12.1 Å². The van der Waals surface area contributed by atoms with Crippen LogP contribution < -0.4 is 5.32 Å². The third-order valence-corrected chi connectivity index (χ3v) is 4.52. The fraction of sp³-hybridized carbons (Fsp3) is 0.600. The van der Waals surface area contributed by atoms with Gasteiger partial charge in [-0.3, -0.25) is 0 Å². The lowest BCUT2D eigenvalue weighted by atomic mass is 10.1. The first kappa shape index (κ1) is 10.6. The normalized spacial score (nSPS) is 27.0. The van der Waals surface area contributed by atoms with E-state index in [0.717, 1.165) is 19.6 Å². The van der Waals surface area contributed by atoms with Crippen LogP contribution in [0.3, 0.4) is 0 Å². The van der Waals surface area contributed by atoms with Crippen molar-refractivity contribution in [2.75, 3.05) is 6.61 Å². The minimum atomic E-state index is 0.355. The van der Waals surface area contributed by atoms with Crippen molar-refractivity contribution in [1.29, 1.82) is 0 Å². The fourth-order valence-electron chi connectivity index (χ4n) is 1.67. The zero-order chi connectivity index (χ0) is 9.97. The number of nitrogens with one attached hydrogen (secondary N) is 1. The lowest BCUT2D eigenvalue weighted by Gasteiger charge is -2.15. The maximum Gasteiger partial charge on any atom is 0.0700 e. The second-order valence-electron chi connectivity index (χ2n) is 3.54. The molecule has 2 nitrogen and oxygen atoms in total. The lowest BCUT2D eigenvalue weighted by Crippen LogP contribution is -2.33. The van der Waals surface area contributed by atoms with Gasteiger partial charge in [0.25, 0.3) is 0 Å². The van der Waals surface area contributed by atoms with E-state index in [-0.39, 0.29) is 0 Å². The van der Waals surface area contributed by atoms with Gasteiger partial charge < -0.3 is 10.1 Å². The Hall–Kier alpha value is 0.100. The van der Waals surface area contributed by atoms with Crippen LogP contribution in [0.2, 0.25) is 0 Å². The van der Waals surface area contributed by atoms with E-state index in [1.807, 2.05) is 0 Å². The van der Waals surface area contributed by atoms with Gasteiger partial charge >= 0.3 is 0 Å². The Morgan fingerprint density at radius 1 is 1.71 bits per heavy atom. The summed E-state index contributed by atoms with van der Waals surface area (Å²) in [5.41, 5.74) is 0. The lowest BCUT2D eigenvalue weighted by molar-refractivity contribution is 0.113. The van der Waals surface area contributed by atoms with Gasteiger partial charge in [-0.25, -0.2) is 0 Å². The predicted octanol–water partition coefficient (Wildman–Crippen LogP) is 2.78. The van der Waals surface area contributed by atoms with Crippen LogP contribution >= 0.6 is 27.3 Å². The van der Waals surface area contributed by atoms with Crippen LogP contribution in [0, 0.1) is 0 Å². The zero-order valence-corrected chi connectivity index (χ0v) is 10.5. The molecular weight excluding hydrogens is 262 g/mol. The van der Waals surface area contributed by atoms with Gasteiger partial charge in [-0.05, 0) is 40.7 Å². The first-order valence-corrected chi connectivity index (χ1v) is 6.51. The van der Waals surface area contributed by atoms with E-state index >= 15 is 0 Å². The summed E-state index contributed by atoms with van der Waals surface area (Å²) in [6.45, 7) is 3.97. The molecule has 0 unspecified atom stereocenters. The topological polar surface area (TPSA) is 21.3 Å². The highest BCUT2D eigenvalue weighted by Gasteiger charge is 2.23. The molecule has 2 heterocycles. The van der Waals surface area contributed by atoms with Gasteiger partial charge in [0, 0.05) is 28.5 Å². The SMILES string of the molecule is C[C@H]1OCC[C@H]1NCc1sccc1Br. The van der Waals surface area contributed by atoms with Crippen molar-refractivity contribution in [3.05, 3.63) is 20.8 Å². The molecule has 1 N–H and O–H groups in total. The summed E-state index contributed by atoms with van der Waals surface area (Å²) >= 11 is 5.31. The van der Waals surface area contributed by atoms with Crippen LogP contribution in [-0.4, -0.2) is 18.8 Å². The van der Waals surface area contributed by atoms with Crippen molar-refractivity contribution in [3.63, 3.8) is 0 Å². The number of hydrogen-bond donors (Lipinski definition) is 1. The van der Waals surface area contributed by atoms with E-state index in [4.69, 9.17) is 4.74 Å². The monoisotopic (exact) mass is 275 g/mol. The van der Waals surface area contributed by atoms with Gasteiger partial charge in [-0.15, -0.1) is 11.3 Å². The van der Waals surface area contributed by atoms with Gasteiger partial charge in [0.05, 0.1) is 6.10 Å². The minimum absolute atomic E-state index is 0.355. The molecular formula is C10H14BrNOS. The molecule has 2 atom stereocenters. The third kappa shape index (κ3) is 2.37. The highest BCUT2D eigenvalue weighted by molar-refractivity contribution is 9.10. The molecule has 1 fully saturated rings. The summed E-state index contributed by atoms with van der Waals surface area (Å²) in [7, 11) is 0. The van der Waals surface area contributed by atoms with E-state index in [9.17, 15) is 0 Å². The van der Waals surface area contributed by atoms with Crippen LogP contribution in [0.4, 0.5) is 0 Å². The van der Waals surface area contributed by atoms with Gasteiger partial charge in [-0.1, -0.05) is 0 Å². The molecule has 1 aromatic heterocycles. The molecule has 14 heavy (non-hydrogen) atoms. The van der Waals surface area contributed by atoms with Crippen molar-refractivity contribution in [1.82, 2.24) is 5.32 Å². The molecule has 0 aliphatic carbocycles. The standard InChI is InChI=1S/C10H14BrNOS/c1-7-9(2-4-13-7)12-6-10-8(11)3-5-14-10/h3,5,7,9,12H,2,4,6H2,1H3/t7-,9-/m1/s1. The molecule has 0 spiro atoms. The number of rotatable bonds is 3. The Kier molecular flexibility index (Phi) is 3.60. The number of hydrogen-bond acceptors (Lipinski definition) is 3. The molecule has 0 aromatic carbocycles. The number of thiophene rings is 1. The number of halogens is 1. The van der Waals surface area contributed by atoms with Crippen LogP contribution in [0.1, 0.15) is 18.2 Å². The molecule has 1 aliphatic rings. The molecule has 78 valence electrons. The predicted molar refractivity (Wildman–Crippen MR) is 62.7 cm³/mol. The second kappa shape index (κ2) is 4.75. The smallest absolute Gasteiger partial charge is 0.0700 e. The van der Waals surface area contributed by atoms with Gasteiger partial charge in [0.2, 0.25) is 0 Å². The molecule has 1 saturated heterocycles. The summed E-state index contributed by atoms with van der Waals surface area (Å²) in [5, 5.41) is 5.64. The van der Waals surface area contributed by atoms with Crippen LogP contribution in [-0.2, 0) is 11.3 Å². The molecule has 1 aromatic rings. The zero-order valence-electron chi connectivity index (χ0n) is 8.13. The summed E-state index contributed by atoms with van der Waals surface area (Å²) in [4.78, 5) is 1.36. The van der Waals surface area contributed by atoms with Crippen molar-refractivity contribution >= 4 is 27.3 Å². The Morgan fingerprint density at radius 2 is 2.57 bits per heavy atom. The molecule has 0 radical (unpaired) electrons. The average molecular weight is 276 g/mol. The van der Waals surface area contributed by atoms with Crippen LogP contribution in [0.5, 0.6) is 0 Å². The molecule has 1 aliphatic heterocycles. The van der Waals surface area contributed by atoms with E-state index < -0.39 is 0 Å².